The van der Waals surface area contributed by atoms with E-state index >= 15 is 0 Å². The average molecular weight is 1010 g/mol. The van der Waals surface area contributed by atoms with Crippen LogP contribution in [0.2, 0.25) is 0 Å². The van der Waals surface area contributed by atoms with E-state index in [-0.39, 0.29) is 36.7 Å². The van der Waals surface area contributed by atoms with Gasteiger partial charge in [-0.25, -0.2) is 0 Å². The number of furan rings is 2. The highest BCUT2D eigenvalue weighted by molar-refractivity contribution is 5.85. The molecule has 76 heavy (non-hydrogen) atoms. The molecule has 6 aromatic carbocycles. The van der Waals surface area contributed by atoms with Crippen LogP contribution >= 0.6 is 0 Å². The summed E-state index contributed by atoms with van der Waals surface area (Å²) in [5.74, 6) is 0.529. The first-order chi connectivity index (χ1) is 36.4. The Bertz CT molecular complexity index is 3420. The Labute approximate surface area is 441 Å². The van der Waals surface area contributed by atoms with Crippen molar-refractivity contribution in [3.8, 4) is 0 Å². The highest BCUT2D eigenvalue weighted by Gasteiger charge is 2.32. The summed E-state index contributed by atoms with van der Waals surface area (Å²) in [7, 11) is 0. The average Bonchev–Trinajstić information content (AvgIpc) is 4.05. The molecular weight excluding hydrogens is 953 g/mol. The fourth-order valence-corrected chi connectivity index (χ4v) is 9.71. The van der Waals surface area contributed by atoms with Gasteiger partial charge in [-0.05, 0) is 122 Å². The summed E-state index contributed by atoms with van der Waals surface area (Å²) >= 11 is 0. The fourth-order valence-electron chi connectivity index (χ4n) is 9.71. The fraction of sp³-hybridized carbons (Fsp3) is 0.188. The smallest absolute Gasteiger partial charge is 0.225 e. The number of nitrogens with zero attached hydrogens (tertiary/aromatic N) is 2. The zero-order valence-electron chi connectivity index (χ0n) is 43.3. The second kappa shape index (κ2) is 21.9. The van der Waals surface area contributed by atoms with Crippen molar-refractivity contribution in [3.05, 3.63) is 283 Å². The lowest BCUT2D eigenvalue weighted by molar-refractivity contribution is -0.605. The normalized spacial score (nSPS) is 13.7. The van der Waals surface area contributed by atoms with E-state index < -0.39 is 11.2 Å². The highest BCUT2D eigenvalue weighted by atomic mass is 16.5. The molecule has 4 aromatic heterocycles. The van der Waals surface area contributed by atoms with Gasteiger partial charge in [0.2, 0.25) is 11.8 Å². The van der Waals surface area contributed by atoms with Crippen LogP contribution < -0.4 is 20.1 Å². The molecule has 4 atom stereocenters. The van der Waals surface area contributed by atoms with Crippen molar-refractivity contribution < 1.29 is 38.1 Å². The molecule has 4 heterocycles. The zero-order valence-corrected chi connectivity index (χ0v) is 43.3. The van der Waals surface area contributed by atoms with Crippen LogP contribution in [-0.2, 0) is 33.6 Å². The van der Waals surface area contributed by atoms with Crippen LogP contribution in [0.1, 0.15) is 104 Å². The van der Waals surface area contributed by atoms with E-state index in [1.807, 2.05) is 97.1 Å². The Hall–Kier alpha value is -8.84. The molecule has 0 spiro atoms. The number of fused-ring (bicyclic) bond motifs is 2. The van der Waals surface area contributed by atoms with Crippen LogP contribution in [0.15, 0.2) is 203 Å². The van der Waals surface area contributed by atoms with E-state index in [4.69, 9.17) is 8.83 Å². The number of carbonyl (C=O) groups is 2. The number of pyridine rings is 2. The molecule has 12 heteroatoms. The maximum Gasteiger partial charge on any atom is 0.225 e. The number of hydrogen-bond donors (Lipinski definition) is 4. The number of hydrogen-bond acceptors (Lipinski definition) is 8. The first-order valence-electron chi connectivity index (χ1n) is 25.1. The molecule has 384 valence electrons. The number of benzene rings is 6. The van der Waals surface area contributed by atoms with Crippen molar-refractivity contribution in [1.29, 1.82) is 0 Å². The maximum atomic E-state index is 13.3. The molecule has 0 aliphatic rings. The number of rotatable bonds is 14. The summed E-state index contributed by atoms with van der Waals surface area (Å²) in [5, 5.41) is 53.1. The Morgan fingerprint density at radius 2 is 0.868 bits per heavy atom. The maximum absolute atomic E-state index is 13.3. The van der Waals surface area contributed by atoms with E-state index in [1.54, 1.807) is 50.2 Å². The van der Waals surface area contributed by atoms with Gasteiger partial charge in [-0.2, -0.15) is 9.46 Å². The molecule has 0 aliphatic carbocycles. The van der Waals surface area contributed by atoms with Crippen molar-refractivity contribution in [2.45, 2.75) is 77.7 Å². The molecule has 0 aliphatic heterocycles. The Balaban J connectivity index is 0.000000186. The lowest BCUT2D eigenvalue weighted by atomic mass is 9.93. The minimum Gasteiger partial charge on any atom is -0.619 e. The number of aryl methyl sites for hydroxylation is 4. The number of amides is 2. The van der Waals surface area contributed by atoms with Gasteiger partial charge in [0.25, 0.3) is 0 Å². The number of aliphatic hydroxyl groups is 2. The number of carbonyl (C=O) groups excluding carboxylic acids is 2. The van der Waals surface area contributed by atoms with Crippen LogP contribution in [0.3, 0.4) is 0 Å². The van der Waals surface area contributed by atoms with E-state index in [1.165, 1.54) is 35.9 Å². The molecule has 0 unspecified atom stereocenters. The Morgan fingerprint density at radius 3 is 1.22 bits per heavy atom. The zero-order chi connectivity index (χ0) is 53.7. The first-order valence-corrected chi connectivity index (χ1v) is 25.1. The summed E-state index contributed by atoms with van der Waals surface area (Å²) in [6.45, 7) is 11.5. The van der Waals surface area contributed by atoms with Gasteiger partial charge >= 0.3 is 0 Å². The van der Waals surface area contributed by atoms with Gasteiger partial charge in [-0.15, -0.1) is 0 Å². The first kappa shape index (κ1) is 52.0. The largest absolute Gasteiger partial charge is 0.619 e. The van der Waals surface area contributed by atoms with Gasteiger partial charge < -0.3 is 40.1 Å². The van der Waals surface area contributed by atoms with E-state index in [2.05, 4.69) is 74.7 Å². The summed E-state index contributed by atoms with van der Waals surface area (Å²) < 4.78 is 13.2. The quantitative estimate of drug-likeness (QED) is 0.0614. The van der Waals surface area contributed by atoms with E-state index in [0.717, 1.165) is 55.3 Å². The minimum absolute atomic E-state index is 0.0934. The van der Waals surface area contributed by atoms with Crippen molar-refractivity contribution in [1.82, 2.24) is 10.6 Å². The third-order valence-electron chi connectivity index (χ3n) is 13.9. The lowest BCUT2D eigenvalue weighted by Gasteiger charge is -2.22. The Kier molecular flexibility index (Phi) is 15.0. The third-order valence-corrected chi connectivity index (χ3v) is 13.9. The summed E-state index contributed by atoms with van der Waals surface area (Å²) in [6.07, 6.45) is 5.74. The van der Waals surface area contributed by atoms with Crippen molar-refractivity contribution >= 4 is 33.8 Å². The van der Waals surface area contributed by atoms with Gasteiger partial charge in [-0.1, -0.05) is 120 Å². The summed E-state index contributed by atoms with van der Waals surface area (Å²) in [4.78, 5) is 26.5. The highest BCUT2D eigenvalue weighted by Crippen LogP contribution is 2.36. The molecule has 0 radical (unpaired) electrons. The van der Waals surface area contributed by atoms with Crippen LogP contribution in [0.5, 0.6) is 0 Å². The van der Waals surface area contributed by atoms with E-state index in [0.29, 0.717) is 43.3 Å². The number of aromatic nitrogens is 2. The number of nitrogens with one attached hydrogen (secondary N) is 2. The van der Waals surface area contributed by atoms with Gasteiger partial charge in [0.05, 0.1) is 24.9 Å². The SMILES string of the molecule is Cc1ccc([C@@H](NC(=O)Cc2ccc3oc([C@@](C)(O)c4cc[n+]([O-])cc4)cc3c2)c2ccccc2)c(C)c1.Cc1ccc([C@@H](NC(=O)Cc2ccc3oc([C@](C)(O)c4cc[n+]([O-])cc4)cc3c2)c2ccccc2)c(C)c1. The molecule has 4 N–H and O–H groups in total. The molecule has 10 rings (SSSR count). The van der Waals surface area contributed by atoms with Gasteiger partial charge in [0.15, 0.2) is 24.8 Å². The van der Waals surface area contributed by atoms with Gasteiger partial charge in [-0.3, -0.25) is 9.59 Å². The van der Waals surface area contributed by atoms with Crippen LogP contribution in [0.4, 0.5) is 0 Å². The van der Waals surface area contributed by atoms with Crippen LogP contribution in [0, 0.1) is 38.1 Å². The summed E-state index contributed by atoms with van der Waals surface area (Å²) in [5.41, 5.74) is 9.92. The second-order valence-electron chi connectivity index (χ2n) is 19.9. The molecule has 12 nitrogen and oxygen atoms in total. The molecule has 0 bridgehead atoms. The molecule has 0 saturated carbocycles. The molecule has 0 fully saturated rings. The molecule has 0 saturated heterocycles. The molecule has 2 amide bonds. The van der Waals surface area contributed by atoms with Crippen molar-refractivity contribution in [2.75, 3.05) is 0 Å². The van der Waals surface area contributed by atoms with Crippen LogP contribution in [-0.4, -0.2) is 22.0 Å². The van der Waals surface area contributed by atoms with Gasteiger partial charge in [0.1, 0.15) is 33.9 Å². The van der Waals surface area contributed by atoms with Crippen molar-refractivity contribution in [3.63, 3.8) is 0 Å². The lowest BCUT2D eigenvalue weighted by Crippen LogP contribution is -2.31. The predicted molar refractivity (Wildman–Crippen MR) is 293 cm³/mol. The van der Waals surface area contributed by atoms with Crippen LogP contribution in [0.25, 0.3) is 21.9 Å². The van der Waals surface area contributed by atoms with Gasteiger partial charge in [0, 0.05) is 46.2 Å². The Morgan fingerprint density at radius 1 is 0.500 bits per heavy atom. The van der Waals surface area contributed by atoms with Crippen molar-refractivity contribution in [2.24, 2.45) is 0 Å². The third kappa shape index (κ3) is 11.7. The predicted octanol–water partition coefficient (Wildman–Crippen LogP) is 10.8. The van der Waals surface area contributed by atoms with E-state index in [9.17, 15) is 30.2 Å². The second-order valence-corrected chi connectivity index (χ2v) is 19.9. The minimum atomic E-state index is -1.42. The summed E-state index contributed by atoms with van der Waals surface area (Å²) in [6, 6.07) is 52.9. The molecule has 10 aromatic rings. The standard InChI is InChI=1S/2C32H30N2O4/c2*1-21-9-11-27(22(2)17-21)31(24-7-5-4-6-8-24)33-30(35)19-23-10-12-28-25(18-23)20-29(38-28)32(3,36)26-13-15-34(37)16-14-26/h2*4-18,20,31,36H,19H2,1-3H3,(H,33,35)/t31-,32+;31-,32-/m00/s1. The topological polar surface area (TPSA) is 179 Å². The molecular formula is C64H60N4O8. The monoisotopic (exact) mass is 1010 g/mol.